The van der Waals surface area contributed by atoms with Crippen molar-refractivity contribution in [3.8, 4) is 0 Å². The normalized spacial score (nSPS) is 13.0. The minimum atomic E-state index is 0.274. The first kappa shape index (κ1) is 12.7. The largest absolute Gasteiger partial charge is 0.396 e. The molecule has 1 aromatic heterocycles. The maximum Gasteiger partial charge on any atom is 0.0445 e. The second-order valence-corrected chi connectivity index (χ2v) is 4.97. The van der Waals surface area contributed by atoms with Crippen LogP contribution in [0.5, 0.6) is 0 Å². The summed E-state index contributed by atoms with van der Waals surface area (Å²) in [5.41, 5.74) is 0. The molecule has 1 atom stereocenters. The molecule has 86 valence electrons. The molecule has 1 heterocycles. The molecule has 1 rings (SSSR count). The lowest BCUT2D eigenvalue weighted by Crippen LogP contribution is -2.28. The third-order valence-corrected chi connectivity index (χ3v) is 3.83. The Kier molecular flexibility index (Phi) is 5.91. The Labute approximate surface area is 96.3 Å². The molecule has 0 fully saturated rings. The summed E-state index contributed by atoms with van der Waals surface area (Å²) in [7, 11) is 0. The van der Waals surface area contributed by atoms with Crippen molar-refractivity contribution in [2.45, 2.75) is 45.7 Å². The summed E-state index contributed by atoms with van der Waals surface area (Å²) in [5, 5.41) is 12.3. The third kappa shape index (κ3) is 4.33. The van der Waals surface area contributed by atoms with E-state index in [9.17, 15) is 0 Å². The molecule has 0 spiro atoms. The highest BCUT2D eigenvalue weighted by atomic mass is 32.1. The monoisotopic (exact) mass is 227 g/mol. The number of nitrogens with one attached hydrogen (secondary N) is 1. The van der Waals surface area contributed by atoms with E-state index in [1.165, 1.54) is 9.75 Å². The van der Waals surface area contributed by atoms with Gasteiger partial charge in [-0.05, 0) is 31.4 Å². The Morgan fingerprint density at radius 3 is 2.60 bits per heavy atom. The summed E-state index contributed by atoms with van der Waals surface area (Å²) >= 11 is 1.88. The maximum atomic E-state index is 8.87. The van der Waals surface area contributed by atoms with Crippen molar-refractivity contribution in [2.75, 3.05) is 6.61 Å². The van der Waals surface area contributed by atoms with Crippen LogP contribution in [-0.4, -0.2) is 17.8 Å². The fraction of sp³-hybridized carbons (Fsp3) is 0.667. The van der Waals surface area contributed by atoms with Crippen molar-refractivity contribution in [3.05, 3.63) is 21.9 Å². The van der Waals surface area contributed by atoms with E-state index < -0.39 is 0 Å². The smallest absolute Gasteiger partial charge is 0.0445 e. The molecule has 0 aliphatic heterocycles. The van der Waals surface area contributed by atoms with Crippen LogP contribution in [0.15, 0.2) is 12.1 Å². The van der Waals surface area contributed by atoms with Crippen LogP contribution in [0.4, 0.5) is 0 Å². The number of rotatable bonds is 7. The molecule has 3 heteroatoms. The molecule has 0 aromatic carbocycles. The van der Waals surface area contributed by atoms with Gasteiger partial charge >= 0.3 is 0 Å². The van der Waals surface area contributed by atoms with Crippen molar-refractivity contribution in [2.24, 2.45) is 0 Å². The molecule has 1 aromatic rings. The highest BCUT2D eigenvalue weighted by molar-refractivity contribution is 7.11. The van der Waals surface area contributed by atoms with Gasteiger partial charge in [0.1, 0.15) is 0 Å². The molecule has 0 saturated carbocycles. The summed E-state index contributed by atoms with van der Waals surface area (Å²) < 4.78 is 0. The Bertz CT molecular complexity index is 272. The van der Waals surface area contributed by atoms with E-state index in [0.717, 1.165) is 25.8 Å². The van der Waals surface area contributed by atoms with Gasteiger partial charge < -0.3 is 10.4 Å². The summed E-state index contributed by atoms with van der Waals surface area (Å²) in [6.45, 7) is 5.54. The van der Waals surface area contributed by atoms with Crippen molar-refractivity contribution in [1.82, 2.24) is 5.32 Å². The van der Waals surface area contributed by atoms with E-state index in [0.29, 0.717) is 6.04 Å². The van der Waals surface area contributed by atoms with Crippen molar-refractivity contribution in [1.29, 1.82) is 0 Å². The zero-order valence-corrected chi connectivity index (χ0v) is 10.4. The van der Waals surface area contributed by atoms with Crippen molar-refractivity contribution in [3.63, 3.8) is 0 Å². The molecule has 0 aliphatic rings. The molecule has 0 amide bonds. The van der Waals surface area contributed by atoms with Crippen LogP contribution < -0.4 is 5.32 Å². The fourth-order valence-corrected chi connectivity index (χ4v) is 2.47. The Balaban J connectivity index is 2.34. The van der Waals surface area contributed by atoms with Crippen LogP contribution >= 0.6 is 11.3 Å². The molecule has 2 N–H and O–H groups in total. The molecule has 15 heavy (non-hydrogen) atoms. The number of aliphatic hydroxyl groups excluding tert-OH is 1. The summed E-state index contributed by atoms with van der Waals surface area (Å²) in [4.78, 5) is 2.84. The Morgan fingerprint density at radius 2 is 2.07 bits per heavy atom. The van der Waals surface area contributed by atoms with Gasteiger partial charge in [-0.15, -0.1) is 11.3 Å². The van der Waals surface area contributed by atoms with Gasteiger partial charge in [-0.1, -0.05) is 13.8 Å². The highest BCUT2D eigenvalue weighted by Crippen LogP contribution is 2.16. The topological polar surface area (TPSA) is 32.3 Å². The molecule has 1 unspecified atom stereocenters. The first-order chi connectivity index (χ1) is 7.30. The average molecular weight is 227 g/mol. The van der Waals surface area contributed by atoms with E-state index in [-0.39, 0.29) is 6.61 Å². The predicted molar refractivity (Wildman–Crippen MR) is 66.3 cm³/mol. The number of hydrogen-bond donors (Lipinski definition) is 2. The van der Waals surface area contributed by atoms with Gasteiger partial charge in [-0.25, -0.2) is 0 Å². The van der Waals surface area contributed by atoms with Gasteiger partial charge in [0.15, 0.2) is 0 Å². The molecular formula is C12H21NOS. The zero-order valence-electron chi connectivity index (χ0n) is 9.62. The summed E-state index contributed by atoms with van der Waals surface area (Å²) in [5.74, 6) is 0. The third-order valence-electron chi connectivity index (χ3n) is 2.60. The van der Waals surface area contributed by atoms with E-state index in [2.05, 4.69) is 31.3 Å². The SMILES string of the molecule is CCc1ccc(CNC(CC)CCO)s1. The van der Waals surface area contributed by atoms with Crippen LogP contribution in [-0.2, 0) is 13.0 Å². The van der Waals surface area contributed by atoms with E-state index in [1.807, 2.05) is 11.3 Å². The van der Waals surface area contributed by atoms with Crippen molar-refractivity contribution < 1.29 is 5.11 Å². The van der Waals surface area contributed by atoms with Crippen LogP contribution in [0.25, 0.3) is 0 Å². The molecule has 0 aliphatic carbocycles. The molecule has 0 saturated heterocycles. The zero-order chi connectivity index (χ0) is 11.1. The lowest BCUT2D eigenvalue weighted by atomic mass is 10.1. The van der Waals surface area contributed by atoms with Gasteiger partial charge in [0.2, 0.25) is 0 Å². The van der Waals surface area contributed by atoms with Gasteiger partial charge in [-0.3, -0.25) is 0 Å². The summed E-state index contributed by atoms with van der Waals surface area (Å²) in [6.07, 6.45) is 3.05. The summed E-state index contributed by atoms with van der Waals surface area (Å²) in [6, 6.07) is 4.85. The van der Waals surface area contributed by atoms with Crippen LogP contribution in [0.1, 0.15) is 36.4 Å². The van der Waals surface area contributed by atoms with Gasteiger partial charge in [0.25, 0.3) is 0 Å². The van der Waals surface area contributed by atoms with Gasteiger partial charge in [0.05, 0.1) is 0 Å². The lowest BCUT2D eigenvalue weighted by Gasteiger charge is -2.14. The second-order valence-electron chi connectivity index (χ2n) is 3.72. The predicted octanol–water partition coefficient (Wildman–Crippen LogP) is 2.56. The molecule has 0 radical (unpaired) electrons. The first-order valence-electron chi connectivity index (χ1n) is 5.72. The highest BCUT2D eigenvalue weighted by Gasteiger charge is 2.05. The number of aryl methyl sites for hydroxylation is 1. The Hall–Kier alpha value is -0.380. The number of hydrogen-bond acceptors (Lipinski definition) is 3. The van der Waals surface area contributed by atoms with Gasteiger partial charge in [0, 0.05) is 28.9 Å². The molecule has 0 bridgehead atoms. The molecule has 2 nitrogen and oxygen atoms in total. The first-order valence-corrected chi connectivity index (χ1v) is 6.53. The minimum Gasteiger partial charge on any atom is -0.396 e. The second kappa shape index (κ2) is 6.99. The fourth-order valence-electron chi connectivity index (χ4n) is 1.56. The Morgan fingerprint density at radius 1 is 1.33 bits per heavy atom. The molecular weight excluding hydrogens is 206 g/mol. The number of thiophene rings is 1. The maximum absolute atomic E-state index is 8.87. The average Bonchev–Trinajstić information content (AvgIpc) is 2.72. The minimum absolute atomic E-state index is 0.274. The number of aliphatic hydroxyl groups is 1. The lowest BCUT2D eigenvalue weighted by molar-refractivity contribution is 0.262. The van der Waals surface area contributed by atoms with E-state index >= 15 is 0 Å². The van der Waals surface area contributed by atoms with Crippen molar-refractivity contribution >= 4 is 11.3 Å². The van der Waals surface area contributed by atoms with Crippen LogP contribution in [0.2, 0.25) is 0 Å². The standard InChI is InChI=1S/C12H21NOS/c1-3-10(7-8-14)13-9-12-6-5-11(4-2)15-12/h5-6,10,13-14H,3-4,7-9H2,1-2H3. The van der Waals surface area contributed by atoms with Gasteiger partial charge in [-0.2, -0.15) is 0 Å². The van der Waals surface area contributed by atoms with Crippen LogP contribution in [0, 0.1) is 0 Å². The van der Waals surface area contributed by atoms with Crippen LogP contribution in [0.3, 0.4) is 0 Å². The quantitative estimate of drug-likeness (QED) is 0.750. The van der Waals surface area contributed by atoms with E-state index in [1.54, 1.807) is 0 Å². The van der Waals surface area contributed by atoms with E-state index in [4.69, 9.17) is 5.11 Å².